The van der Waals surface area contributed by atoms with Gasteiger partial charge in [0.05, 0.1) is 36.2 Å². The second-order valence-corrected chi connectivity index (χ2v) is 11.1. The summed E-state index contributed by atoms with van der Waals surface area (Å²) in [4.78, 5) is 48.7. The van der Waals surface area contributed by atoms with Crippen molar-refractivity contribution in [1.82, 2.24) is 24.7 Å². The maximum absolute atomic E-state index is 13.6. The highest BCUT2D eigenvalue weighted by molar-refractivity contribution is 6.21. The van der Waals surface area contributed by atoms with Gasteiger partial charge in [0.1, 0.15) is 18.2 Å². The second-order valence-electron chi connectivity index (χ2n) is 11.1. The molecule has 11 nitrogen and oxygen atoms in total. The van der Waals surface area contributed by atoms with E-state index in [0.717, 1.165) is 38.3 Å². The summed E-state index contributed by atoms with van der Waals surface area (Å²) < 4.78 is 18.4. The average molecular weight is 612 g/mol. The smallest absolute Gasteiger partial charge is 0.261 e. The normalized spacial score (nSPS) is 15.0. The van der Waals surface area contributed by atoms with E-state index in [1.807, 2.05) is 30.3 Å². The number of aromatic nitrogens is 2. The van der Waals surface area contributed by atoms with E-state index in [1.54, 1.807) is 49.1 Å². The number of carbonyl (C=O) groups is 2. The summed E-state index contributed by atoms with van der Waals surface area (Å²) in [6.07, 6.45) is 0.767. The Morgan fingerprint density at radius 1 is 0.800 bits per heavy atom. The highest BCUT2D eigenvalue weighted by Crippen LogP contribution is 2.29. The minimum Gasteiger partial charge on any atom is -0.493 e. The maximum Gasteiger partial charge on any atom is 0.261 e. The molecule has 1 fully saturated rings. The Balaban J connectivity index is 1.17. The van der Waals surface area contributed by atoms with Crippen LogP contribution < -0.4 is 25.1 Å². The number of benzene rings is 3. The van der Waals surface area contributed by atoms with Gasteiger partial charge in [-0.15, -0.1) is 0 Å². The third kappa shape index (κ3) is 6.40. The summed E-state index contributed by atoms with van der Waals surface area (Å²) in [6.45, 7) is 5.63. The predicted molar refractivity (Wildman–Crippen MR) is 170 cm³/mol. The highest BCUT2D eigenvalue weighted by atomic mass is 16.5. The van der Waals surface area contributed by atoms with Crippen LogP contribution >= 0.6 is 0 Å². The number of para-hydroxylation sites is 1. The van der Waals surface area contributed by atoms with Crippen molar-refractivity contribution >= 4 is 22.7 Å². The van der Waals surface area contributed by atoms with E-state index in [4.69, 9.17) is 19.2 Å². The fraction of sp³-hybridized carbons (Fsp3) is 0.353. The number of methoxy groups -OCH3 is 2. The third-order valence-electron chi connectivity index (χ3n) is 8.40. The highest BCUT2D eigenvalue weighted by Gasteiger charge is 2.36. The lowest BCUT2D eigenvalue weighted by molar-refractivity contribution is 0.0655. The summed E-state index contributed by atoms with van der Waals surface area (Å²) in [5, 5.41) is 3.85. The van der Waals surface area contributed by atoms with Crippen LogP contribution in [0.25, 0.3) is 10.9 Å². The van der Waals surface area contributed by atoms with Crippen LogP contribution in [-0.2, 0) is 19.4 Å². The molecule has 1 saturated heterocycles. The fourth-order valence-electron chi connectivity index (χ4n) is 5.91. The molecule has 11 heteroatoms. The number of hydrogen-bond acceptors (Lipinski definition) is 9. The first kappa shape index (κ1) is 30.3. The van der Waals surface area contributed by atoms with E-state index in [9.17, 15) is 14.4 Å². The molecule has 1 aromatic heterocycles. The third-order valence-corrected chi connectivity index (χ3v) is 8.40. The number of piperazine rings is 1. The number of rotatable bonds is 12. The van der Waals surface area contributed by atoms with Gasteiger partial charge in [-0.25, -0.2) is 4.98 Å². The molecule has 0 unspecified atom stereocenters. The number of aryl methyl sites for hydroxylation is 1. The zero-order chi connectivity index (χ0) is 31.3. The Morgan fingerprint density at radius 2 is 1.58 bits per heavy atom. The summed E-state index contributed by atoms with van der Waals surface area (Å²) in [5.41, 5.74) is 2.06. The number of carbonyl (C=O) groups excluding carboxylic acids is 2. The molecule has 3 aromatic carbocycles. The lowest BCUT2D eigenvalue weighted by atomic mass is 10.1. The molecule has 4 aromatic rings. The predicted octanol–water partition coefficient (Wildman–Crippen LogP) is 2.78. The van der Waals surface area contributed by atoms with Crippen LogP contribution in [0.5, 0.6) is 17.2 Å². The molecular weight excluding hydrogens is 574 g/mol. The van der Waals surface area contributed by atoms with Crippen molar-refractivity contribution < 1.29 is 23.8 Å². The number of nitrogens with zero attached hydrogens (tertiary/aromatic N) is 4. The Labute approximate surface area is 261 Å². The largest absolute Gasteiger partial charge is 0.493 e. The van der Waals surface area contributed by atoms with Gasteiger partial charge >= 0.3 is 0 Å². The molecule has 0 atom stereocenters. The molecule has 3 heterocycles. The average Bonchev–Trinajstić information content (AvgIpc) is 3.31. The monoisotopic (exact) mass is 611 g/mol. The van der Waals surface area contributed by atoms with E-state index in [-0.39, 0.29) is 30.3 Å². The van der Waals surface area contributed by atoms with Crippen molar-refractivity contribution in [3.63, 3.8) is 0 Å². The molecule has 234 valence electrons. The molecule has 0 saturated carbocycles. The molecule has 45 heavy (non-hydrogen) atoms. The first-order chi connectivity index (χ1) is 22.0. The summed E-state index contributed by atoms with van der Waals surface area (Å²) in [6, 6.07) is 17.9. The molecule has 1 N–H and O–H groups in total. The van der Waals surface area contributed by atoms with Crippen LogP contribution in [0, 0.1) is 0 Å². The van der Waals surface area contributed by atoms with Crippen molar-refractivity contribution in [3.8, 4) is 17.2 Å². The van der Waals surface area contributed by atoms with Crippen LogP contribution in [0.4, 0.5) is 0 Å². The van der Waals surface area contributed by atoms with Gasteiger partial charge in [-0.2, -0.15) is 0 Å². The van der Waals surface area contributed by atoms with E-state index in [2.05, 4.69) is 10.2 Å². The molecule has 2 amide bonds. The van der Waals surface area contributed by atoms with Crippen LogP contribution in [0.3, 0.4) is 0 Å². The fourth-order valence-corrected chi connectivity index (χ4v) is 5.91. The Kier molecular flexibility index (Phi) is 9.08. The number of ether oxygens (including phenoxy) is 3. The lowest BCUT2D eigenvalue weighted by Crippen LogP contribution is -2.44. The molecular formula is C34H37N5O6. The van der Waals surface area contributed by atoms with Gasteiger partial charge in [0.2, 0.25) is 0 Å². The summed E-state index contributed by atoms with van der Waals surface area (Å²) in [7, 11) is 3.17. The lowest BCUT2D eigenvalue weighted by Gasteiger charge is -2.26. The van der Waals surface area contributed by atoms with Crippen molar-refractivity contribution in [3.05, 3.63) is 93.5 Å². The van der Waals surface area contributed by atoms with Crippen molar-refractivity contribution in [1.29, 1.82) is 0 Å². The maximum atomic E-state index is 13.6. The summed E-state index contributed by atoms with van der Waals surface area (Å²) >= 11 is 0. The van der Waals surface area contributed by atoms with E-state index >= 15 is 0 Å². The van der Waals surface area contributed by atoms with Gasteiger partial charge in [-0.1, -0.05) is 18.2 Å². The van der Waals surface area contributed by atoms with Gasteiger partial charge in [-0.3, -0.25) is 28.8 Å². The second kappa shape index (κ2) is 13.5. The van der Waals surface area contributed by atoms with Crippen molar-refractivity contribution in [2.75, 3.05) is 60.1 Å². The topological polar surface area (TPSA) is 115 Å². The standard InChI is InChI=1S/C34H37N5O6/c1-43-29-10-7-23(21-30(29)44-2)11-15-38-31(36-28-6-4-3-5-26(28)33(38)41)12-16-39-32(40)25-9-8-24(22-27(25)34(39)42)45-20-19-37-17-13-35-14-18-37/h3-10,21-22,35H,11-20H2,1-2H3. The molecule has 2 aliphatic rings. The Bertz CT molecular complexity index is 1780. The summed E-state index contributed by atoms with van der Waals surface area (Å²) in [5.74, 6) is 1.57. The van der Waals surface area contributed by atoms with Gasteiger partial charge < -0.3 is 19.5 Å². The van der Waals surface area contributed by atoms with E-state index < -0.39 is 0 Å². The Hall–Kier alpha value is -4.74. The number of imide groups is 1. The first-order valence-corrected chi connectivity index (χ1v) is 15.2. The SMILES string of the molecule is COc1ccc(CCn2c(CCN3C(=O)c4ccc(OCCN5CCNCC5)cc4C3=O)nc3ccccc3c2=O)cc1OC. The van der Waals surface area contributed by atoms with E-state index in [0.29, 0.717) is 64.7 Å². The quantitative estimate of drug-likeness (QED) is 0.242. The van der Waals surface area contributed by atoms with Gasteiger partial charge in [0.25, 0.3) is 17.4 Å². The number of hydrogen-bond donors (Lipinski definition) is 1. The molecule has 0 aliphatic carbocycles. The van der Waals surface area contributed by atoms with Gasteiger partial charge in [0, 0.05) is 52.2 Å². The number of amides is 2. The van der Waals surface area contributed by atoms with Gasteiger partial charge in [0.15, 0.2) is 11.5 Å². The zero-order valence-electron chi connectivity index (χ0n) is 25.6. The van der Waals surface area contributed by atoms with Crippen LogP contribution in [0.2, 0.25) is 0 Å². The Morgan fingerprint density at radius 3 is 2.38 bits per heavy atom. The molecule has 0 bridgehead atoms. The van der Waals surface area contributed by atoms with E-state index in [1.165, 1.54) is 4.90 Å². The molecule has 2 aliphatic heterocycles. The van der Waals surface area contributed by atoms with Crippen LogP contribution in [0.1, 0.15) is 32.1 Å². The number of fused-ring (bicyclic) bond motifs is 2. The molecule has 0 spiro atoms. The first-order valence-electron chi connectivity index (χ1n) is 15.2. The van der Waals surface area contributed by atoms with Gasteiger partial charge in [-0.05, 0) is 54.4 Å². The van der Waals surface area contributed by atoms with Crippen LogP contribution in [-0.4, -0.2) is 91.3 Å². The van der Waals surface area contributed by atoms with Crippen molar-refractivity contribution in [2.45, 2.75) is 19.4 Å². The van der Waals surface area contributed by atoms with Crippen LogP contribution in [0.15, 0.2) is 65.5 Å². The minimum absolute atomic E-state index is 0.0900. The molecule has 6 rings (SSSR count). The van der Waals surface area contributed by atoms with Crippen molar-refractivity contribution in [2.24, 2.45) is 0 Å². The molecule has 0 radical (unpaired) electrons. The number of nitrogens with one attached hydrogen (secondary N) is 1. The zero-order valence-corrected chi connectivity index (χ0v) is 25.6. The minimum atomic E-state index is -0.373.